The van der Waals surface area contributed by atoms with Gasteiger partial charge in [-0.1, -0.05) is 60.7 Å². The van der Waals surface area contributed by atoms with Crippen molar-refractivity contribution >= 4 is 11.9 Å². The molecular formula is C19H22N2O3. The third-order valence-corrected chi connectivity index (χ3v) is 3.51. The van der Waals surface area contributed by atoms with Gasteiger partial charge in [0.2, 0.25) is 5.91 Å². The van der Waals surface area contributed by atoms with E-state index in [1.807, 2.05) is 60.7 Å². The normalized spacial score (nSPS) is 11.5. The van der Waals surface area contributed by atoms with Crippen molar-refractivity contribution in [2.75, 3.05) is 6.54 Å². The maximum atomic E-state index is 11.9. The van der Waals surface area contributed by atoms with Crippen molar-refractivity contribution in [2.24, 2.45) is 5.73 Å². The maximum absolute atomic E-state index is 11.9. The van der Waals surface area contributed by atoms with Gasteiger partial charge in [0.05, 0.1) is 12.5 Å². The van der Waals surface area contributed by atoms with E-state index in [2.05, 4.69) is 5.32 Å². The lowest BCUT2D eigenvalue weighted by Gasteiger charge is -2.12. The molecule has 2 aromatic carbocycles. The first-order chi connectivity index (χ1) is 11.6. The van der Waals surface area contributed by atoms with E-state index in [1.54, 1.807) is 0 Å². The van der Waals surface area contributed by atoms with Crippen molar-refractivity contribution in [3.8, 4) is 0 Å². The molecule has 24 heavy (non-hydrogen) atoms. The predicted octanol–water partition coefficient (Wildman–Crippen LogP) is 1.81. The molecule has 126 valence electrons. The number of hydrogen-bond acceptors (Lipinski definition) is 4. The molecular weight excluding hydrogens is 304 g/mol. The summed E-state index contributed by atoms with van der Waals surface area (Å²) < 4.78 is 5.14. The standard InChI is InChI=1S/C19H22N2O3/c20-17(13-15-7-3-1-4-8-15)19(23)21-12-11-18(22)24-14-16-9-5-2-6-10-16/h1-10,17H,11-14,20H2,(H,21,23). The van der Waals surface area contributed by atoms with Crippen LogP contribution in [0.3, 0.4) is 0 Å². The molecule has 1 unspecified atom stereocenters. The van der Waals surface area contributed by atoms with E-state index in [4.69, 9.17) is 10.5 Å². The Bertz CT molecular complexity index is 644. The summed E-state index contributed by atoms with van der Waals surface area (Å²) >= 11 is 0. The summed E-state index contributed by atoms with van der Waals surface area (Å²) in [5.41, 5.74) is 7.81. The van der Waals surface area contributed by atoms with Gasteiger partial charge in [-0.3, -0.25) is 9.59 Å². The van der Waals surface area contributed by atoms with Gasteiger partial charge in [0.1, 0.15) is 6.61 Å². The van der Waals surface area contributed by atoms with Crippen LogP contribution in [-0.4, -0.2) is 24.5 Å². The minimum absolute atomic E-state index is 0.122. The molecule has 0 saturated carbocycles. The second-order valence-corrected chi connectivity index (χ2v) is 5.48. The van der Waals surface area contributed by atoms with Gasteiger partial charge in [-0.15, -0.1) is 0 Å². The molecule has 0 aromatic heterocycles. The summed E-state index contributed by atoms with van der Waals surface area (Å²) in [6, 6.07) is 18.4. The van der Waals surface area contributed by atoms with E-state index in [0.717, 1.165) is 11.1 Å². The lowest BCUT2D eigenvalue weighted by atomic mass is 10.1. The number of esters is 1. The summed E-state index contributed by atoms with van der Waals surface area (Å²) in [7, 11) is 0. The van der Waals surface area contributed by atoms with Crippen molar-refractivity contribution in [3.63, 3.8) is 0 Å². The first-order valence-electron chi connectivity index (χ1n) is 7.92. The van der Waals surface area contributed by atoms with Gasteiger partial charge in [-0.05, 0) is 17.5 Å². The molecule has 1 amide bonds. The Labute approximate surface area is 141 Å². The first kappa shape index (κ1) is 17.7. The summed E-state index contributed by atoms with van der Waals surface area (Å²) in [4.78, 5) is 23.6. The van der Waals surface area contributed by atoms with Gasteiger partial charge in [0.15, 0.2) is 0 Å². The fourth-order valence-electron chi connectivity index (χ4n) is 2.19. The number of hydrogen-bond donors (Lipinski definition) is 2. The van der Waals surface area contributed by atoms with E-state index in [-0.39, 0.29) is 31.4 Å². The molecule has 5 nitrogen and oxygen atoms in total. The Hall–Kier alpha value is -2.66. The Balaban J connectivity index is 1.63. The molecule has 0 aliphatic heterocycles. The monoisotopic (exact) mass is 326 g/mol. The second-order valence-electron chi connectivity index (χ2n) is 5.48. The van der Waals surface area contributed by atoms with Gasteiger partial charge < -0.3 is 15.8 Å². The van der Waals surface area contributed by atoms with E-state index in [0.29, 0.717) is 6.42 Å². The van der Waals surface area contributed by atoms with Crippen molar-refractivity contribution < 1.29 is 14.3 Å². The quantitative estimate of drug-likeness (QED) is 0.725. The van der Waals surface area contributed by atoms with E-state index in [1.165, 1.54) is 0 Å². The van der Waals surface area contributed by atoms with Crippen molar-refractivity contribution in [1.82, 2.24) is 5.32 Å². The Morgan fingerprint density at radius 3 is 2.17 bits per heavy atom. The van der Waals surface area contributed by atoms with Crippen LogP contribution in [0.2, 0.25) is 0 Å². The largest absolute Gasteiger partial charge is 0.461 e. The fraction of sp³-hybridized carbons (Fsp3) is 0.263. The van der Waals surface area contributed by atoms with E-state index >= 15 is 0 Å². The van der Waals surface area contributed by atoms with Gasteiger partial charge in [0.25, 0.3) is 0 Å². The topological polar surface area (TPSA) is 81.4 Å². The SMILES string of the molecule is NC(Cc1ccccc1)C(=O)NCCC(=O)OCc1ccccc1. The zero-order valence-corrected chi connectivity index (χ0v) is 13.5. The van der Waals surface area contributed by atoms with Crippen LogP contribution in [0, 0.1) is 0 Å². The van der Waals surface area contributed by atoms with Crippen LogP contribution in [0.5, 0.6) is 0 Å². The molecule has 1 atom stereocenters. The van der Waals surface area contributed by atoms with Crippen molar-refractivity contribution in [3.05, 3.63) is 71.8 Å². The van der Waals surface area contributed by atoms with Crippen LogP contribution < -0.4 is 11.1 Å². The van der Waals surface area contributed by atoms with Crippen LogP contribution in [0.1, 0.15) is 17.5 Å². The molecule has 0 fully saturated rings. The van der Waals surface area contributed by atoms with Gasteiger partial charge in [-0.25, -0.2) is 0 Å². The Morgan fingerprint density at radius 2 is 1.54 bits per heavy atom. The first-order valence-corrected chi connectivity index (χ1v) is 7.92. The highest BCUT2D eigenvalue weighted by atomic mass is 16.5. The molecule has 0 aliphatic carbocycles. The number of carbonyl (C=O) groups excluding carboxylic acids is 2. The molecule has 0 radical (unpaired) electrons. The Morgan fingerprint density at radius 1 is 0.958 bits per heavy atom. The zero-order valence-electron chi connectivity index (χ0n) is 13.5. The second kappa shape index (κ2) is 9.47. The van der Waals surface area contributed by atoms with Crippen LogP contribution in [0.4, 0.5) is 0 Å². The summed E-state index contributed by atoms with van der Waals surface area (Å²) in [6.07, 6.45) is 0.585. The molecule has 2 rings (SSSR count). The highest BCUT2D eigenvalue weighted by Gasteiger charge is 2.14. The summed E-state index contributed by atoms with van der Waals surface area (Å²) in [5.74, 6) is -0.620. The van der Waals surface area contributed by atoms with E-state index in [9.17, 15) is 9.59 Å². The minimum Gasteiger partial charge on any atom is -0.461 e. The average Bonchev–Trinajstić information content (AvgIpc) is 2.61. The molecule has 5 heteroatoms. The number of nitrogens with one attached hydrogen (secondary N) is 1. The fourth-order valence-corrected chi connectivity index (χ4v) is 2.19. The number of ether oxygens (including phenoxy) is 1. The highest BCUT2D eigenvalue weighted by molar-refractivity contribution is 5.82. The Kier molecular flexibility index (Phi) is 6.98. The molecule has 0 saturated heterocycles. The van der Waals surface area contributed by atoms with Crippen LogP contribution in [0.15, 0.2) is 60.7 Å². The summed E-state index contributed by atoms with van der Waals surface area (Å²) in [6.45, 7) is 0.454. The molecule has 0 aliphatic rings. The number of rotatable bonds is 8. The molecule has 2 aromatic rings. The third-order valence-electron chi connectivity index (χ3n) is 3.51. The minimum atomic E-state index is -0.632. The third kappa shape index (κ3) is 6.22. The van der Waals surface area contributed by atoms with Crippen LogP contribution >= 0.6 is 0 Å². The van der Waals surface area contributed by atoms with Gasteiger partial charge in [-0.2, -0.15) is 0 Å². The van der Waals surface area contributed by atoms with E-state index < -0.39 is 6.04 Å². The predicted molar refractivity (Wildman–Crippen MR) is 92.0 cm³/mol. The highest BCUT2D eigenvalue weighted by Crippen LogP contribution is 2.03. The average molecular weight is 326 g/mol. The number of nitrogens with two attached hydrogens (primary N) is 1. The number of carbonyl (C=O) groups is 2. The van der Waals surface area contributed by atoms with Crippen LogP contribution in [-0.2, 0) is 27.4 Å². The number of amides is 1. The summed E-state index contributed by atoms with van der Waals surface area (Å²) in [5, 5.41) is 2.67. The zero-order chi connectivity index (χ0) is 17.2. The molecule has 0 bridgehead atoms. The molecule has 3 N–H and O–H groups in total. The van der Waals surface area contributed by atoms with Gasteiger partial charge in [0, 0.05) is 6.54 Å². The maximum Gasteiger partial charge on any atom is 0.307 e. The van der Waals surface area contributed by atoms with Crippen LogP contribution in [0.25, 0.3) is 0 Å². The van der Waals surface area contributed by atoms with Crippen molar-refractivity contribution in [2.45, 2.75) is 25.5 Å². The molecule has 0 spiro atoms. The number of benzene rings is 2. The van der Waals surface area contributed by atoms with Crippen molar-refractivity contribution in [1.29, 1.82) is 0 Å². The smallest absolute Gasteiger partial charge is 0.307 e. The van der Waals surface area contributed by atoms with Gasteiger partial charge >= 0.3 is 5.97 Å². The lowest BCUT2D eigenvalue weighted by molar-refractivity contribution is -0.144. The lowest BCUT2D eigenvalue weighted by Crippen LogP contribution is -2.42. The molecule has 0 heterocycles.